The quantitative estimate of drug-likeness (QED) is 0.763. The summed E-state index contributed by atoms with van der Waals surface area (Å²) < 4.78 is 1.72. The fourth-order valence-electron chi connectivity index (χ4n) is 1.86. The summed E-state index contributed by atoms with van der Waals surface area (Å²) in [6.07, 6.45) is 4.02. The van der Waals surface area contributed by atoms with Gasteiger partial charge < -0.3 is 0 Å². The van der Waals surface area contributed by atoms with Gasteiger partial charge in [0.1, 0.15) is 0 Å². The van der Waals surface area contributed by atoms with Gasteiger partial charge in [0, 0.05) is 19.7 Å². The third-order valence-corrected chi connectivity index (χ3v) is 3.49. The Morgan fingerprint density at radius 3 is 3.00 bits per heavy atom. The van der Waals surface area contributed by atoms with Crippen molar-refractivity contribution in [3.8, 4) is 0 Å². The van der Waals surface area contributed by atoms with Gasteiger partial charge in [-0.1, -0.05) is 6.92 Å². The molecular formula is C13H16N2OS. The predicted octanol–water partition coefficient (Wildman–Crippen LogP) is 2.86. The van der Waals surface area contributed by atoms with Crippen LogP contribution in [0.1, 0.15) is 35.0 Å². The van der Waals surface area contributed by atoms with Gasteiger partial charge in [0.05, 0.1) is 11.3 Å². The van der Waals surface area contributed by atoms with E-state index in [1.807, 2.05) is 25.5 Å². The Labute approximate surface area is 105 Å². The van der Waals surface area contributed by atoms with Crippen LogP contribution in [-0.2, 0) is 19.9 Å². The first kappa shape index (κ1) is 12.0. The van der Waals surface area contributed by atoms with E-state index in [0.29, 0.717) is 6.42 Å². The number of carbonyl (C=O) groups excluding carboxylic acids is 1. The summed E-state index contributed by atoms with van der Waals surface area (Å²) in [5.74, 6) is 0.196. The first-order valence-electron chi connectivity index (χ1n) is 5.77. The predicted molar refractivity (Wildman–Crippen MR) is 69.6 cm³/mol. The Balaban J connectivity index is 2.04. The van der Waals surface area contributed by atoms with Crippen LogP contribution in [0.4, 0.5) is 0 Å². The largest absolute Gasteiger partial charge is 0.294 e. The molecule has 0 N–H and O–H groups in total. The van der Waals surface area contributed by atoms with Gasteiger partial charge in [-0.2, -0.15) is 16.4 Å². The number of Topliss-reactive ketones (excluding diaryl/α,β-unsaturated/α-hetero) is 1. The second-order valence-corrected chi connectivity index (χ2v) is 4.85. The highest BCUT2D eigenvalue weighted by Gasteiger charge is 2.14. The minimum Gasteiger partial charge on any atom is -0.294 e. The molecule has 0 radical (unpaired) electrons. The van der Waals surface area contributed by atoms with E-state index >= 15 is 0 Å². The van der Waals surface area contributed by atoms with Gasteiger partial charge in [0.2, 0.25) is 0 Å². The molecule has 4 heteroatoms. The molecule has 0 atom stereocenters. The fourth-order valence-corrected chi connectivity index (χ4v) is 2.56. The molecule has 3 nitrogen and oxygen atoms in total. The maximum absolute atomic E-state index is 12.1. The van der Waals surface area contributed by atoms with Crippen molar-refractivity contribution in [3.63, 3.8) is 0 Å². The highest BCUT2D eigenvalue weighted by atomic mass is 32.1. The van der Waals surface area contributed by atoms with Crippen LogP contribution in [0.2, 0.25) is 0 Å². The first-order valence-corrected chi connectivity index (χ1v) is 6.71. The number of rotatable bonds is 5. The molecule has 0 amide bonds. The highest BCUT2D eigenvalue weighted by Crippen LogP contribution is 2.14. The van der Waals surface area contributed by atoms with E-state index in [0.717, 1.165) is 24.1 Å². The van der Waals surface area contributed by atoms with Crippen LogP contribution in [0, 0.1) is 0 Å². The van der Waals surface area contributed by atoms with Gasteiger partial charge in [-0.15, -0.1) is 0 Å². The van der Waals surface area contributed by atoms with Gasteiger partial charge in [-0.05, 0) is 35.2 Å². The van der Waals surface area contributed by atoms with Crippen molar-refractivity contribution >= 4 is 17.1 Å². The summed E-state index contributed by atoms with van der Waals surface area (Å²) in [6, 6.07) is 2.07. The van der Waals surface area contributed by atoms with Crippen molar-refractivity contribution < 1.29 is 4.79 Å². The molecule has 0 aliphatic heterocycles. The Morgan fingerprint density at radius 1 is 1.53 bits per heavy atom. The van der Waals surface area contributed by atoms with Gasteiger partial charge in [0.25, 0.3) is 0 Å². The number of aromatic nitrogens is 2. The molecule has 0 aromatic carbocycles. The van der Waals surface area contributed by atoms with E-state index in [9.17, 15) is 4.79 Å². The van der Waals surface area contributed by atoms with Gasteiger partial charge in [-0.3, -0.25) is 9.48 Å². The number of thiophene rings is 1. The van der Waals surface area contributed by atoms with Crippen molar-refractivity contribution in [2.24, 2.45) is 7.05 Å². The van der Waals surface area contributed by atoms with Gasteiger partial charge in [0.15, 0.2) is 5.78 Å². The molecule has 2 heterocycles. The summed E-state index contributed by atoms with van der Waals surface area (Å²) in [7, 11) is 1.86. The Bertz CT molecular complexity index is 499. The van der Waals surface area contributed by atoms with Crippen LogP contribution < -0.4 is 0 Å². The normalized spacial score (nSPS) is 10.7. The number of hydrogen-bond donors (Lipinski definition) is 0. The molecule has 2 rings (SSSR count). The Morgan fingerprint density at radius 2 is 2.35 bits per heavy atom. The molecule has 0 aliphatic rings. The standard InChI is InChI=1S/C13H16N2OS/c1-3-12-11(8-15(2)14-12)13(16)5-4-10-6-7-17-9-10/h6-9H,3-5H2,1-2H3. The second-order valence-electron chi connectivity index (χ2n) is 4.07. The maximum Gasteiger partial charge on any atom is 0.166 e. The lowest BCUT2D eigenvalue weighted by molar-refractivity contribution is 0.0982. The summed E-state index contributed by atoms with van der Waals surface area (Å²) in [4.78, 5) is 12.1. The van der Waals surface area contributed by atoms with Gasteiger partial charge in [-0.25, -0.2) is 0 Å². The molecule has 0 saturated carbocycles. The lowest BCUT2D eigenvalue weighted by atomic mass is 10.0. The van der Waals surface area contributed by atoms with Crippen molar-refractivity contribution in [1.82, 2.24) is 9.78 Å². The molecule has 2 aromatic heterocycles. The molecule has 0 unspecified atom stereocenters. The molecule has 2 aromatic rings. The maximum atomic E-state index is 12.1. The molecule has 90 valence electrons. The molecule has 0 fully saturated rings. The van der Waals surface area contributed by atoms with E-state index in [2.05, 4.69) is 16.5 Å². The van der Waals surface area contributed by atoms with Crippen molar-refractivity contribution in [2.45, 2.75) is 26.2 Å². The van der Waals surface area contributed by atoms with Crippen molar-refractivity contribution in [2.75, 3.05) is 0 Å². The number of carbonyl (C=O) groups is 1. The number of hydrogen-bond acceptors (Lipinski definition) is 3. The molecule has 0 aliphatic carbocycles. The number of ketones is 1. The summed E-state index contributed by atoms with van der Waals surface area (Å²) >= 11 is 1.67. The lowest BCUT2D eigenvalue weighted by Crippen LogP contribution is -2.02. The molecule has 0 saturated heterocycles. The Kier molecular flexibility index (Phi) is 3.74. The van der Waals surface area contributed by atoms with Crippen LogP contribution >= 0.6 is 11.3 Å². The smallest absolute Gasteiger partial charge is 0.166 e. The van der Waals surface area contributed by atoms with Crippen LogP contribution in [0.25, 0.3) is 0 Å². The summed E-state index contributed by atoms with van der Waals surface area (Å²) in [5, 5.41) is 8.43. The van der Waals surface area contributed by atoms with Crippen LogP contribution in [0.3, 0.4) is 0 Å². The van der Waals surface area contributed by atoms with Crippen molar-refractivity contribution in [1.29, 1.82) is 0 Å². The zero-order chi connectivity index (χ0) is 12.3. The molecule has 0 bridgehead atoms. The van der Waals surface area contributed by atoms with Crippen molar-refractivity contribution in [3.05, 3.63) is 39.8 Å². The third kappa shape index (κ3) is 2.82. The minimum atomic E-state index is 0.196. The molecular weight excluding hydrogens is 232 g/mol. The second kappa shape index (κ2) is 5.27. The summed E-state index contributed by atoms with van der Waals surface area (Å²) in [5.41, 5.74) is 2.93. The van der Waals surface area contributed by atoms with Crippen LogP contribution in [0.15, 0.2) is 23.0 Å². The van der Waals surface area contributed by atoms with E-state index < -0.39 is 0 Å². The number of aryl methyl sites for hydroxylation is 3. The lowest BCUT2D eigenvalue weighted by Gasteiger charge is -1.99. The number of nitrogens with zero attached hydrogens (tertiary/aromatic N) is 2. The van der Waals surface area contributed by atoms with Crippen LogP contribution in [-0.4, -0.2) is 15.6 Å². The average Bonchev–Trinajstić information content (AvgIpc) is 2.94. The molecule has 17 heavy (non-hydrogen) atoms. The topological polar surface area (TPSA) is 34.9 Å². The Hall–Kier alpha value is -1.42. The van der Waals surface area contributed by atoms with E-state index in [1.54, 1.807) is 16.0 Å². The van der Waals surface area contributed by atoms with E-state index in [4.69, 9.17) is 0 Å². The zero-order valence-corrected chi connectivity index (χ0v) is 11.0. The van der Waals surface area contributed by atoms with E-state index in [1.165, 1.54) is 5.56 Å². The van der Waals surface area contributed by atoms with E-state index in [-0.39, 0.29) is 5.78 Å². The summed E-state index contributed by atoms with van der Waals surface area (Å²) in [6.45, 7) is 2.03. The van der Waals surface area contributed by atoms with Crippen LogP contribution in [0.5, 0.6) is 0 Å². The SMILES string of the molecule is CCc1nn(C)cc1C(=O)CCc1ccsc1. The van der Waals surface area contributed by atoms with Gasteiger partial charge >= 0.3 is 0 Å². The zero-order valence-electron chi connectivity index (χ0n) is 10.1. The minimum absolute atomic E-state index is 0.196. The molecule has 0 spiro atoms. The highest BCUT2D eigenvalue weighted by molar-refractivity contribution is 7.07. The third-order valence-electron chi connectivity index (χ3n) is 2.76. The first-order chi connectivity index (χ1) is 8.20. The monoisotopic (exact) mass is 248 g/mol. The fraction of sp³-hybridized carbons (Fsp3) is 0.385. The average molecular weight is 248 g/mol.